The summed E-state index contributed by atoms with van der Waals surface area (Å²) < 4.78 is 0. The van der Waals surface area contributed by atoms with Crippen LogP contribution in [-0.4, -0.2) is 23.5 Å². The number of carbonyl (C=O) groups excluding carboxylic acids is 2. The maximum atomic E-state index is 12.9. The van der Waals surface area contributed by atoms with Crippen molar-refractivity contribution in [3.8, 4) is 11.8 Å². The molecule has 2 amide bonds. The first kappa shape index (κ1) is 16.3. The standard InChI is InChI=1S/C19H15N3O3/c1-2-18(24)21-13-6-7-17(23)15(10-13)19(25)22-9-8-14-12(11-20)4-3-5-16(14)22/h2-7,10,23H,1,8-9H2,(H,21,24). The number of nitrogens with zero attached hydrogens (tertiary/aromatic N) is 2. The van der Waals surface area contributed by atoms with E-state index >= 15 is 0 Å². The predicted octanol–water partition coefficient (Wildman–Crippen LogP) is 2.59. The molecule has 6 nitrogen and oxygen atoms in total. The van der Waals surface area contributed by atoms with Gasteiger partial charge in [0.2, 0.25) is 5.91 Å². The molecule has 0 fully saturated rings. The number of fused-ring (bicyclic) bond motifs is 1. The van der Waals surface area contributed by atoms with E-state index < -0.39 is 5.91 Å². The maximum Gasteiger partial charge on any atom is 0.262 e. The topological polar surface area (TPSA) is 93.4 Å². The second-order valence-electron chi connectivity index (χ2n) is 5.55. The minimum atomic E-state index is -0.408. The Morgan fingerprint density at radius 3 is 2.84 bits per heavy atom. The van der Waals surface area contributed by atoms with Crippen molar-refractivity contribution >= 4 is 23.2 Å². The minimum absolute atomic E-state index is 0.0806. The van der Waals surface area contributed by atoms with Crippen molar-refractivity contribution in [3.63, 3.8) is 0 Å². The largest absolute Gasteiger partial charge is 0.507 e. The van der Waals surface area contributed by atoms with Crippen molar-refractivity contribution in [1.82, 2.24) is 0 Å². The molecule has 1 aliphatic rings. The number of hydrogen-bond donors (Lipinski definition) is 2. The molecule has 25 heavy (non-hydrogen) atoms. The monoisotopic (exact) mass is 333 g/mol. The van der Waals surface area contributed by atoms with Gasteiger partial charge in [0.15, 0.2) is 0 Å². The van der Waals surface area contributed by atoms with Crippen LogP contribution in [0.2, 0.25) is 0 Å². The van der Waals surface area contributed by atoms with E-state index in [4.69, 9.17) is 0 Å². The lowest BCUT2D eigenvalue weighted by atomic mass is 10.1. The number of hydrogen-bond acceptors (Lipinski definition) is 4. The Kier molecular flexibility index (Phi) is 4.23. The summed E-state index contributed by atoms with van der Waals surface area (Å²) in [5.41, 5.74) is 2.51. The molecule has 0 bridgehead atoms. The number of nitriles is 1. The molecule has 0 aliphatic carbocycles. The summed E-state index contributed by atoms with van der Waals surface area (Å²) in [6, 6.07) is 11.6. The van der Waals surface area contributed by atoms with Crippen LogP contribution in [0.1, 0.15) is 21.5 Å². The molecule has 2 aromatic rings. The Morgan fingerprint density at radius 2 is 2.12 bits per heavy atom. The van der Waals surface area contributed by atoms with Gasteiger partial charge in [-0.05, 0) is 48.4 Å². The van der Waals surface area contributed by atoms with Crippen molar-refractivity contribution in [2.24, 2.45) is 0 Å². The van der Waals surface area contributed by atoms with E-state index in [0.717, 1.165) is 11.6 Å². The summed E-state index contributed by atoms with van der Waals surface area (Å²) in [7, 11) is 0. The van der Waals surface area contributed by atoms with Crippen molar-refractivity contribution < 1.29 is 14.7 Å². The molecule has 2 aromatic carbocycles. The van der Waals surface area contributed by atoms with Gasteiger partial charge in [-0.1, -0.05) is 12.6 Å². The second-order valence-corrected chi connectivity index (χ2v) is 5.55. The first-order valence-electron chi connectivity index (χ1n) is 7.65. The van der Waals surface area contributed by atoms with Crippen LogP contribution >= 0.6 is 0 Å². The molecular weight excluding hydrogens is 318 g/mol. The van der Waals surface area contributed by atoms with Crippen molar-refractivity contribution in [2.75, 3.05) is 16.8 Å². The lowest BCUT2D eigenvalue weighted by Gasteiger charge is -2.18. The summed E-state index contributed by atoms with van der Waals surface area (Å²) in [5.74, 6) is -0.971. The fraction of sp³-hybridized carbons (Fsp3) is 0.105. The summed E-state index contributed by atoms with van der Waals surface area (Å²) in [4.78, 5) is 25.8. The molecule has 2 N–H and O–H groups in total. The molecular formula is C19H15N3O3. The van der Waals surface area contributed by atoms with Crippen molar-refractivity contribution in [3.05, 3.63) is 65.7 Å². The lowest BCUT2D eigenvalue weighted by Crippen LogP contribution is -2.29. The maximum absolute atomic E-state index is 12.9. The number of rotatable bonds is 3. The summed E-state index contributed by atoms with van der Waals surface area (Å²) in [5, 5.41) is 21.8. The smallest absolute Gasteiger partial charge is 0.262 e. The number of carbonyl (C=O) groups is 2. The van der Waals surface area contributed by atoms with E-state index in [9.17, 15) is 20.0 Å². The van der Waals surface area contributed by atoms with E-state index in [0.29, 0.717) is 29.9 Å². The average molecular weight is 333 g/mol. The van der Waals surface area contributed by atoms with E-state index in [1.54, 1.807) is 18.2 Å². The first-order valence-corrected chi connectivity index (χ1v) is 7.65. The van der Waals surface area contributed by atoms with Crippen LogP contribution in [0.3, 0.4) is 0 Å². The SMILES string of the molecule is C=CC(=O)Nc1ccc(O)c(C(=O)N2CCc3c(C#N)cccc32)c1. The molecule has 1 aliphatic heterocycles. The average Bonchev–Trinajstić information content (AvgIpc) is 3.06. The highest BCUT2D eigenvalue weighted by Crippen LogP contribution is 2.33. The van der Waals surface area contributed by atoms with E-state index in [-0.39, 0.29) is 17.2 Å². The summed E-state index contributed by atoms with van der Waals surface area (Å²) in [6.45, 7) is 3.80. The van der Waals surface area contributed by atoms with Crippen LogP contribution < -0.4 is 10.2 Å². The number of benzene rings is 2. The Labute approximate surface area is 144 Å². The van der Waals surface area contributed by atoms with Crippen molar-refractivity contribution in [2.45, 2.75) is 6.42 Å². The number of amides is 2. The van der Waals surface area contributed by atoms with E-state index in [1.807, 2.05) is 0 Å². The van der Waals surface area contributed by atoms with Crippen LogP contribution in [0, 0.1) is 11.3 Å². The molecule has 0 unspecified atom stereocenters. The molecule has 6 heteroatoms. The number of aromatic hydroxyl groups is 1. The minimum Gasteiger partial charge on any atom is -0.507 e. The molecule has 124 valence electrons. The molecule has 0 atom stereocenters. The number of phenolic OH excluding ortho intramolecular Hbond substituents is 1. The number of nitrogens with one attached hydrogen (secondary N) is 1. The van der Waals surface area contributed by atoms with Gasteiger partial charge in [-0.15, -0.1) is 0 Å². The number of anilines is 2. The van der Waals surface area contributed by atoms with Gasteiger partial charge in [0, 0.05) is 17.9 Å². The Morgan fingerprint density at radius 1 is 1.32 bits per heavy atom. The molecule has 0 aromatic heterocycles. The molecule has 0 spiro atoms. The van der Waals surface area contributed by atoms with Gasteiger partial charge in [-0.2, -0.15) is 5.26 Å². The van der Waals surface area contributed by atoms with Gasteiger partial charge < -0.3 is 15.3 Å². The van der Waals surface area contributed by atoms with E-state index in [2.05, 4.69) is 18.0 Å². The van der Waals surface area contributed by atoms with Crippen LogP contribution in [-0.2, 0) is 11.2 Å². The van der Waals surface area contributed by atoms with Gasteiger partial charge in [-0.3, -0.25) is 9.59 Å². The molecule has 1 heterocycles. The zero-order valence-corrected chi connectivity index (χ0v) is 13.3. The molecule has 0 saturated carbocycles. The van der Waals surface area contributed by atoms with Crippen LogP contribution in [0.5, 0.6) is 5.75 Å². The highest BCUT2D eigenvalue weighted by Gasteiger charge is 2.28. The van der Waals surface area contributed by atoms with E-state index in [1.165, 1.54) is 23.1 Å². The van der Waals surface area contributed by atoms with Gasteiger partial charge in [0.1, 0.15) is 5.75 Å². The lowest BCUT2D eigenvalue weighted by molar-refractivity contribution is -0.111. The highest BCUT2D eigenvalue weighted by molar-refractivity contribution is 6.10. The van der Waals surface area contributed by atoms with Gasteiger partial charge >= 0.3 is 0 Å². The fourth-order valence-electron chi connectivity index (χ4n) is 2.87. The quantitative estimate of drug-likeness (QED) is 0.667. The normalized spacial score (nSPS) is 12.2. The van der Waals surface area contributed by atoms with Gasteiger partial charge in [0.05, 0.1) is 17.2 Å². The summed E-state index contributed by atoms with van der Waals surface area (Å²) in [6.07, 6.45) is 1.70. The third-order valence-electron chi connectivity index (χ3n) is 4.07. The second kappa shape index (κ2) is 6.49. The van der Waals surface area contributed by atoms with Crippen LogP contribution in [0.25, 0.3) is 0 Å². The fourth-order valence-corrected chi connectivity index (χ4v) is 2.87. The van der Waals surface area contributed by atoms with Crippen molar-refractivity contribution in [1.29, 1.82) is 5.26 Å². The third kappa shape index (κ3) is 2.95. The Balaban J connectivity index is 1.96. The highest BCUT2D eigenvalue weighted by atomic mass is 16.3. The first-order chi connectivity index (χ1) is 12.0. The Bertz CT molecular complexity index is 928. The summed E-state index contributed by atoms with van der Waals surface area (Å²) >= 11 is 0. The van der Waals surface area contributed by atoms with Gasteiger partial charge in [0.25, 0.3) is 5.91 Å². The van der Waals surface area contributed by atoms with Crippen LogP contribution in [0.15, 0.2) is 49.1 Å². The van der Waals surface area contributed by atoms with Crippen LogP contribution in [0.4, 0.5) is 11.4 Å². The molecule has 3 rings (SSSR count). The van der Waals surface area contributed by atoms with Gasteiger partial charge in [-0.25, -0.2) is 0 Å². The molecule has 0 saturated heterocycles. The number of phenols is 1. The zero-order valence-electron chi connectivity index (χ0n) is 13.3. The Hall–Kier alpha value is -3.59. The third-order valence-corrected chi connectivity index (χ3v) is 4.07. The molecule has 0 radical (unpaired) electrons. The predicted molar refractivity (Wildman–Crippen MR) is 93.5 cm³/mol. The zero-order chi connectivity index (χ0) is 18.0.